The molecule has 0 aliphatic carbocycles. The smallest absolute Gasteiger partial charge is 0.237 e. The Hall–Kier alpha value is -1.39. The number of likely N-dealkylation sites (N-methyl/N-ethyl adjacent to an activating group) is 1. The summed E-state index contributed by atoms with van der Waals surface area (Å²) in [4.78, 5) is 16.7. The highest BCUT2D eigenvalue weighted by atomic mass is 16.2. The fourth-order valence-corrected chi connectivity index (χ4v) is 2.57. The number of nitrogens with zero attached hydrogens (tertiary/aromatic N) is 2. The van der Waals surface area contributed by atoms with Crippen LogP contribution in [0.1, 0.15) is 19.4 Å². The van der Waals surface area contributed by atoms with Crippen LogP contribution in [0.2, 0.25) is 0 Å². The zero-order valence-corrected chi connectivity index (χ0v) is 12.5. The summed E-state index contributed by atoms with van der Waals surface area (Å²) in [6.07, 6.45) is 0. The van der Waals surface area contributed by atoms with E-state index >= 15 is 0 Å². The molecule has 1 atom stereocenters. The van der Waals surface area contributed by atoms with Crippen LogP contribution in [0, 0.1) is 0 Å². The summed E-state index contributed by atoms with van der Waals surface area (Å²) < 4.78 is 0. The predicted octanol–water partition coefficient (Wildman–Crippen LogP) is 1.33. The molecule has 0 saturated carbocycles. The van der Waals surface area contributed by atoms with Crippen molar-refractivity contribution in [3.05, 3.63) is 35.9 Å². The van der Waals surface area contributed by atoms with Crippen LogP contribution in [0.25, 0.3) is 0 Å². The molecule has 1 heterocycles. The first-order valence-corrected chi connectivity index (χ1v) is 7.47. The zero-order valence-electron chi connectivity index (χ0n) is 12.5. The Labute approximate surface area is 121 Å². The maximum Gasteiger partial charge on any atom is 0.237 e. The van der Waals surface area contributed by atoms with Crippen molar-refractivity contribution in [3.8, 4) is 0 Å². The molecule has 1 aromatic carbocycles. The number of benzene rings is 1. The van der Waals surface area contributed by atoms with Crippen molar-refractivity contribution in [2.24, 2.45) is 0 Å². The Balaban J connectivity index is 1.91. The number of piperazine rings is 1. The van der Waals surface area contributed by atoms with Crippen LogP contribution in [0.4, 0.5) is 0 Å². The molecule has 110 valence electrons. The van der Waals surface area contributed by atoms with Crippen molar-refractivity contribution in [1.82, 2.24) is 15.1 Å². The largest absolute Gasteiger partial charge is 0.338 e. The topological polar surface area (TPSA) is 35.6 Å². The zero-order chi connectivity index (χ0) is 14.4. The number of rotatable bonds is 5. The van der Waals surface area contributed by atoms with E-state index in [1.54, 1.807) is 0 Å². The van der Waals surface area contributed by atoms with E-state index in [-0.39, 0.29) is 5.91 Å². The molecule has 0 aromatic heterocycles. The highest BCUT2D eigenvalue weighted by molar-refractivity contribution is 5.78. The summed E-state index contributed by atoms with van der Waals surface area (Å²) in [6.45, 7) is 9.11. The molecule has 4 heteroatoms. The predicted molar refractivity (Wildman–Crippen MR) is 81.4 cm³/mol. The minimum absolute atomic E-state index is 0.227. The third kappa shape index (κ3) is 4.05. The van der Waals surface area contributed by atoms with Crippen molar-refractivity contribution < 1.29 is 4.79 Å². The maximum absolute atomic E-state index is 12.5. The second-order valence-electron chi connectivity index (χ2n) is 5.42. The van der Waals surface area contributed by atoms with Gasteiger partial charge in [0.1, 0.15) is 0 Å². The van der Waals surface area contributed by atoms with Gasteiger partial charge in [0.25, 0.3) is 0 Å². The molecule has 0 unspecified atom stereocenters. The lowest BCUT2D eigenvalue weighted by Crippen LogP contribution is -2.53. The van der Waals surface area contributed by atoms with E-state index < -0.39 is 0 Å². The first kappa shape index (κ1) is 15.0. The Bertz CT molecular complexity index is 421. The molecule has 0 radical (unpaired) electrons. The van der Waals surface area contributed by atoms with Gasteiger partial charge < -0.3 is 10.2 Å². The number of nitrogens with one attached hydrogen (secondary N) is 1. The van der Waals surface area contributed by atoms with Gasteiger partial charge in [-0.2, -0.15) is 0 Å². The van der Waals surface area contributed by atoms with Gasteiger partial charge in [-0.1, -0.05) is 30.3 Å². The molecule has 1 aliphatic heterocycles. The molecule has 1 amide bonds. The van der Waals surface area contributed by atoms with Crippen LogP contribution in [0.5, 0.6) is 0 Å². The van der Waals surface area contributed by atoms with Crippen LogP contribution in [0.15, 0.2) is 30.3 Å². The van der Waals surface area contributed by atoms with E-state index in [2.05, 4.69) is 29.3 Å². The summed E-state index contributed by atoms with van der Waals surface area (Å²) in [5.41, 5.74) is 1.19. The molecule has 20 heavy (non-hydrogen) atoms. The molecular weight excluding hydrogens is 250 g/mol. The van der Waals surface area contributed by atoms with Gasteiger partial charge in [-0.25, -0.2) is 0 Å². The quantitative estimate of drug-likeness (QED) is 0.880. The van der Waals surface area contributed by atoms with Gasteiger partial charge in [0.15, 0.2) is 0 Å². The van der Waals surface area contributed by atoms with E-state index in [0.29, 0.717) is 19.1 Å². The van der Waals surface area contributed by atoms with E-state index in [1.165, 1.54) is 5.56 Å². The molecule has 0 bridgehead atoms. The molecule has 1 aliphatic rings. The molecule has 0 spiro atoms. The minimum atomic E-state index is 0.227. The standard InChI is InChI=1S/C16H25N3O/c1-3-18(12-15-7-5-4-6-8-15)16(20)13-19-10-9-17-11-14(19)2/h4-8,14,17H,3,9-13H2,1-2H3/t14-/m0/s1. The van der Waals surface area contributed by atoms with E-state index in [9.17, 15) is 4.79 Å². The van der Waals surface area contributed by atoms with Crippen molar-refractivity contribution in [2.75, 3.05) is 32.7 Å². The second-order valence-corrected chi connectivity index (χ2v) is 5.42. The Kier molecular flexibility index (Phi) is 5.56. The van der Waals surface area contributed by atoms with E-state index in [4.69, 9.17) is 0 Å². The number of hydrogen-bond acceptors (Lipinski definition) is 3. The Morgan fingerprint density at radius 3 is 2.80 bits per heavy atom. The molecule has 1 saturated heterocycles. The summed E-state index contributed by atoms with van der Waals surface area (Å²) in [5.74, 6) is 0.227. The first-order valence-electron chi connectivity index (χ1n) is 7.47. The number of amides is 1. The lowest BCUT2D eigenvalue weighted by atomic mass is 10.2. The fourth-order valence-electron chi connectivity index (χ4n) is 2.57. The van der Waals surface area contributed by atoms with Gasteiger partial charge >= 0.3 is 0 Å². The Morgan fingerprint density at radius 2 is 2.15 bits per heavy atom. The number of carbonyl (C=O) groups is 1. The van der Waals surface area contributed by atoms with Gasteiger partial charge in [-0.3, -0.25) is 9.69 Å². The molecule has 1 N–H and O–H groups in total. The molecule has 1 aromatic rings. The van der Waals surface area contributed by atoms with Crippen LogP contribution in [-0.4, -0.2) is 54.5 Å². The van der Waals surface area contributed by atoms with Gasteiger partial charge in [0.2, 0.25) is 5.91 Å². The SMILES string of the molecule is CCN(Cc1ccccc1)C(=O)CN1CCNC[C@@H]1C. The van der Waals surface area contributed by atoms with E-state index in [1.807, 2.05) is 30.0 Å². The molecule has 2 rings (SSSR count). The van der Waals surface area contributed by atoms with Crippen LogP contribution >= 0.6 is 0 Å². The van der Waals surface area contributed by atoms with Gasteiger partial charge in [0, 0.05) is 38.8 Å². The van der Waals surface area contributed by atoms with E-state index in [0.717, 1.165) is 26.2 Å². The number of carbonyl (C=O) groups excluding carboxylic acids is 1. The van der Waals surface area contributed by atoms with Gasteiger partial charge in [-0.05, 0) is 19.4 Å². The minimum Gasteiger partial charge on any atom is -0.338 e. The van der Waals surface area contributed by atoms with Gasteiger partial charge in [0.05, 0.1) is 6.54 Å². The first-order chi connectivity index (χ1) is 9.70. The van der Waals surface area contributed by atoms with Crippen molar-refractivity contribution in [1.29, 1.82) is 0 Å². The van der Waals surface area contributed by atoms with Crippen molar-refractivity contribution in [3.63, 3.8) is 0 Å². The maximum atomic E-state index is 12.5. The summed E-state index contributed by atoms with van der Waals surface area (Å²) >= 11 is 0. The molecule has 1 fully saturated rings. The second kappa shape index (κ2) is 7.41. The van der Waals surface area contributed by atoms with Crippen molar-refractivity contribution in [2.45, 2.75) is 26.4 Å². The molecule has 4 nitrogen and oxygen atoms in total. The lowest BCUT2D eigenvalue weighted by molar-refractivity contribution is -0.133. The van der Waals surface area contributed by atoms with Crippen LogP contribution in [0.3, 0.4) is 0 Å². The molecular formula is C16H25N3O. The number of hydrogen-bond donors (Lipinski definition) is 1. The lowest BCUT2D eigenvalue weighted by Gasteiger charge is -2.34. The Morgan fingerprint density at radius 1 is 1.40 bits per heavy atom. The normalized spacial score (nSPS) is 19.8. The van der Waals surface area contributed by atoms with Crippen LogP contribution in [-0.2, 0) is 11.3 Å². The average molecular weight is 275 g/mol. The summed E-state index contributed by atoms with van der Waals surface area (Å²) in [7, 11) is 0. The monoisotopic (exact) mass is 275 g/mol. The summed E-state index contributed by atoms with van der Waals surface area (Å²) in [6, 6.07) is 10.6. The highest BCUT2D eigenvalue weighted by Crippen LogP contribution is 2.07. The fraction of sp³-hybridized carbons (Fsp3) is 0.562. The van der Waals surface area contributed by atoms with Crippen LogP contribution < -0.4 is 5.32 Å². The third-order valence-corrected chi connectivity index (χ3v) is 3.93. The highest BCUT2D eigenvalue weighted by Gasteiger charge is 2.22. The van der Waals surface area contributed by atoms with Gasteiger partial charge in [-0.15, -0.1) is 0 Å². The van der Waals surface area contributed by atoms with Crippen molar-refractivity contribution >= 4 is 5.91 Å². The third-order valence-electron chi connectivity index (χ3n) is 3.93. The summed E-state index contributed by atoms with van der Waals surface area (Å²) in [5, 5.41) is 3.35. The average Bonchev–Trinajstić information content (AvgIpc) is 2.48.